The number of carbonyl (C=O) groups excluding carboxylic acids is 4. The second-order valence-electron chi connectivity index (χ2n) is 7.01. The van der Waals surface area contributed by atoms with Gasteiger partial charge in [-0.25, -0.2) is 4.79 Å². The fraction of sp³-hybridized carbons (Fsp3) is 0.667. The summed E-state index contributed by atoms with van der Waals surface area (Å²) >= 11 is 0. The first-order valence-electron chi connectivity index (χ1n) is 10.0. The zero-order chi connectivity index (χ0) is 24.7. The van der Waals surface area contributed by atoms with Crippen LogP contribution in [-0.2, 0) is 28.8 Å². The van der Waals surface area contributed by atoms with E-state index in [2.05, 4.69) is 16.0 Å². The lowest BCUT2D eigenvalue weighted by molar-refractivity contribution is -0.142. The smallest absolute Gasteiger partial charge is 0.326 e. The largest absolute Gasteiger partial charge is 0.481 e. The summed E-state index contributed by atoms with van der Waals surface area (Å²) in [6.45, 7) is -0.102. The van der Waals surface area contributed by atoms with E-state index in [1.165, 1.54) is 0 Å². The summed E-state index contributed by atoms with van der Waals surface area (Å²) < 4.78 is 0. The van der Waals surface area contributed by atoms with Crippen LogP contribution in [0.1, 0.15) is 44.9 Å². The molecule has 32 heavy (non-hydrogen) atoms. The van der Waals surface area contributed by atoms with Crippen LogP contribution in [0.2, 0.25) is 0 Å². The Bertz CT molecular complexity index is 686. The van der Waals surface area contributed by atoms with Crippen LogP contribution in [0.5, 0.6) is 0 Å². The van der Waals surface area contributed by atoms with Gasteiger partial charge in [-0.15, -0.1) is 0 Å². The Labute approximate surface area is 184 Å². The van der Waals surface area contributed by atoms with Crippen LogP contribution in [0.3, 0.4) is 0 Å². The van der Waals surface area contributed by atoms with E-state index in [-0.39, 0.29) is 25.7 Å². The number of hydrogen-bond acceptors (Lipinski definition) is 8. The third-order valence-electron chi connectivity index (χ3n) is 4.36. The third kappa shape index (κ3) is 12.4. The highest BCUT2D eigenvalue weighted by atomic mass is 16.4. The number of nitrogens with one attached hydrogen (secondary N) is 3. The van der Waals surface area contributed by atoms with Gasteiger partial charge in [-0.3, -0.25) is 24.0 Å². The summed E-state index contributed by atoms with van der Waals surface area (Å²) in [6.07, 6.45) is -0.182. The normalized spacial score (nSPS) is 13.3. The Kier molecular flexibility index (Phi) is 13.9. The molecule has 0 spiro atoms. The first kappa shape index (κ1) is 28.7. The van der Waals surface area contributed by atoms with E-state index >= 15 is 0 Å². The zero-order valence-corrected chi connectivity index (χ0v) is 17.7. The molecule has 0 aliphatic heterocycles. The van der Waals surface area contributed by atoms with Gasteiger partial charge in [-0.2, -0.15) is 0 Å². The van der Waals surface area contributed by atoms with Gasteiger partial charge in [0.05, 0.1) is 6.54 Å². The minimum absolute atomic E-state index is 0.0998. The lowest BCUT2D eigenvalue weighted by Gasteiger charge is -2.24. The van der Waals surface area contributed by atoms with Crippen LogP contribution in [0.4, 0.5) is 0 Å². The maximum absolute atomic E-state index is 12.6. The Morgan fingerprint density at radius 1 is 0.719 bits per heavy atom. The van der Waals surface area contributed by atoms with E-state index in [4.69, 9.17) is 22.3 Å². The first-order chi connectivity index (χ1) is 15.0. The van der Waals surface area contributed by atoms with Crippen molar-refractivity contribution in [3.05, 3.63) is 0 Å². The van der Waals surface area contributed by atoms with Crippen LogP contribution in [0.15, 0.2) is 0 Å². The molecule has 0 aliphatic rings. The fourth-order valence-corrected chi connectivity index (χ4v) is 2.64. The quantitative estimate of drug-likeness (QED) is 0.100. The molecule has 14 nitrogen and oxygen atoms in total. The second-order valence-corrected chi connectivity index (χ2v) is 7.01. The number of primary amides is 1. The Hall–Kier alpha value is -3.26. The lowest BCUT2D eigenvalue weighted by atomic mass is 10.1. The summed E-state index contributed by atoms with van der Waals surface area (Å²) in [6, 6.07) is -3.92. The van der Waals surface area contributed by atoms with E-state index in [1.807, 2.05) is 0 Å². The average molecular weight is 460 g/mol. The van der Waals surface area contributed by atoms with Gasteiger partial charge in [0, 0.05) is 12.8 Å². The predicted octanol–water partition coefficient (Wildman–Crippen LogP) is -3.26. The number of unbranched alkanes of at least 4 members (excludes halogenated alkanes) is 1. The van der Waals surface area contributed by atoms with Gasteiger partial charge in [0.15, 0.2) is 0 Å². The van der Waals surface area contributed by atoms with Crippen molar-refractivity contribution in [3.63, 3.8) is 0 Å². The number of hydrogen-bond donors (Lipinski definition) is 8. The summed E-state index contributed by atoms with van der Waals surface area (Å²) in [5.74, 6) is -5.75. The number of nitrogens with two attached hydrogens (primary N) is 3. The maximum atomic E-state index is 12.6. The van der Waals surface area contributed by atoms with Crippen LogP contribution in [0, 0.1) is 0 Å². The van der Waals surface area contributed by atoms with Gasteiger partial charge < -0.3 is 43.4 Å². The zero-order valence-electron chi connectivity index (χ0n) is 17.7. The Morgan fingerprint density at radius 2 is 1.25 bits per heavy atom. The van der Waals surface area contributed by atoms with Crippen molar-refractivity contribution < 1.29 is 39.0 Å². The summed E-state index contributed by atoms with van der Waals surface area (Å²) in [5, 5.41) is 25.0. The number of aliphatic carboxylic acids is 2. The molecule has 0 aromatic carbocycles. The second kappa shape index (κ2) is 15.5. The van der Waals surface area contributed by atoms with E-state index < -0.39 is 66.7 Å². The molecule has 0 bridgehead atoms. The molecule has 4 amide bonds. The maximum Gasteiger partial charge on any atom is 0.326 e. The molecule has 11 N–H and O–H groups in total. The highest BCUT2D eigenvalue weighted by Gasteiger charge is 2.29. The van der Waals surface area contributed by atoms with Crippen LogP contribution < -0.4 is 33.2 Å². The highest BCUT2D eigenvalue weighted by molar-refractivity contribution is 5.94. The molecular weight excluding hydrogens is 428 g/mol. The van der Waals surface area contributed by atoms with Gasteiger partial charge in [-0.05, 0) is 38.6 Å². The molecule has 0 aromatic rings. The molecule has 3 unspecified atom stereocenters. The Balaban J connectivity index is 5.40. The highest BCUT2D eigenvalue weighted by Crippen LogP contribution is 2.06. The number of carboxylic acid groups (broad SMARTS) is 2. The minimum atomic E-state index is -1.35. The van der Waals surface area contributed by atoms with Gasteiger partial charge in [-0.1, -0.05) is 0 Å². The molecule has 0 radical (unpaired) electrons. The van der Waals surface area contributed by atoms with Crippen molar-refractivity contribution in [2.75, 3.05) is 13.1 Å². The lowest BCUT2D eigenvalue weighted by Crippen LogP contribution is -2.56. The topological polar surface area (TPSA) is 257 Å². The van der Waals surface area contributed by atoms with Gasteiger partial charge in [0.1, 0.15) is 18.1 Å². The van der Waals surface area contributed by atoms with Crippen LogP contribution in [0.25, 0.3) is 0 Å². The first-order valence-corrected chi connectivity index (χ1v) is 10.0. The SMILES string of the molecule is NCCCCC(NC(=O)C(CCC(N)=O)NC(=O)C(CCC(=O)O)NC(=O)CN)C(=O)O. The monoisotopic (exact) mass is 460 g/mol. The van der Waals surface area contributed by atoms with Crippen LogP contribution in [-0.4, -0.2) is 77.0 Å². The van der Waals surface area contributed by atoms with Crippen molar-refractivity contribution in [1.29, 1.82) is 0 Å². The molecule has 0 saturated carbocycles. The average Bonchev–Trinajstić information content (AvgIpc) is 2.72. The molecular formula is C18H32N6O8. The summed E-state index contributed by atoms with van der Waals surface area (Å²) in [5.41, 5.74) is 15.7. The predicted molar refractivity (Wildman–Crippen MR) is 111 cm³/mol. The molecule has 0 aliphatic carbocycles. The summed E-state index contributed by atoms with van der Waals surface area (Å²) in [4.78, 5) is 70.2. The standard InChI is InChI=1S/C18H32N6O8/c19-8-2-1-3-12(18(31)32)24-17(30)11(4-6-13(21)25)23-16(29)10(5-7-15(27)28)22-14(26)9-20/h10-12H,1-9,19-20H2,(H2,21,25)(H,22,26)(H,23,29)(H,24,30)(H,27,28)(H,31,32). The molecule has 0 saturated heterocycles. The van der Waals surface area contributed by atoms with E-state index in [1.54, 1.807) is 0 Å². The van der Waals surface area contributed by atoms with Gasteiger partial charge in [0.2, 0.25) is 23.6 Å². The third-order valence-corrected chi connectivity index (χ3v) is 4.36. The number of carboxylic acids is 2. The molecule has 182 valence electrons. The minimum Gasteiger partial charge on any atom is -0.481 e. The molecule has 14 heteroatoms. The molecule has 0 rings (SSSR count). The fourth-order valence-electron chi connectivity index (χ4n) is 2.64. The number of rotatable bonds is 17. The van der Waals surface area contributed by atoms with E-state index in [0.717, 1.165) is 0 Å². The van der Waals surface area contributed by atoms with E-state index in [0.29, 0.717) is 19.4 Å². The van der Waals surface area contributed by atoms with Crippen LogP contribution >= 0.6 is 0 Å². The van der Waals surface area contributed by atoms with Crippen molar-refractivity contribution in [2.45, 2.75) is 63.1 Å². The van der Waals surface area contributed by atoms with Crippen molar-refractivity contribution in [1.82, 2.24) is 16.0 Å². The Morgan fingerprint density at radius 3 is 1.72 bits per heavy atom. The van der Waals surface area contributed by atoms with Crippen molar-refractivity contribution in [3.8, 4) is 0 Å². The van der Waals surface area contributed by atoms with Gasteiger partial charge in [0.25, 0.3) is 0 Å². The molecule has 0 fully saturated rings. The van der Waals surface area contributed by atoms with Crippen molar-refractivity contribution >= 4 is 35.6 Å². The molecule has 3 atom stereocenters. The molecule has 0 heterocycles. The van der Waals surface area contributed by atoms with Crippen molar-refractivity contribution in [2.24, 2.45) is 17.2 Å². The van der Waals surface area contributed by atoms with E-state index in [9.17, 15) is 33.9 Å². The number of amides is 4. The summed E-state index contributed by atoms with van der Waals surface area (Å²) in [7, 11) is 0. The molecule has 0 aromatic heterocycles. The number of carbonyl (C=O) groups is 6. The van der Waals surface area contributed by atoms with Gasteiger partial charge >= 0.3 is 11.9 Å².